The maximum absolute atomic E-state index is 13.5. The predicted molar refractivity (Wildman–Crippen MR) is 138 cm³/mol. The summed E-state index contributed by atoms with van der Waals surface area (Å²) in [4.78, 5) is 31.0. The lowest BCUT2D eigenvalue weighted by atomic mass is 10.2. The summed E-state index contributed by atoms with van der Waals surface area (Å²) >= 11 is 1.59. The van der Waals surface area contributed by atoms with Gasteiger partial charge in [-0.1, -0.05) is 32.0 Å². The molecule has 6 nitrogen and oxygen atoms in total. The van der Waals surface area contributed by atoms with Crippen LogP contribution >= 0.6 is 11.3 Å². The van der Waals surface area contributed by atoms with Crippen molar-refractivity contribution in [2.75, 3.05) is 25.5 Å². The zero-order valence-corrected chi connectivity index (χ0v) is 21.4. The minimum atomic E-state index is -0.352. The molecule has 3 aromatic rings. The number of aryl methyl sites for hydroxylation is 1. The highest BCUT2D eigenvalue weighted by Crippen LogP contribution is 2.21. The number of nitrogens with zero attached hydrogens (tertiary/aromatic N) is 2. The smallest absolute Gasteiger partial charge is 0.322 e. The molecule has 0 aliphatic heterocycles. The van der Waals surface area contributed by atoms with Gasteiger partial charge >= 0.3 is 6.03 Å². The Balaban J connectivity index is 1.78. The van der Waals surface area contributed by atoms with Gasteiger partial charge in [0.15, 0.2) is 0 Å². The van der Waals surface area contributed by atoms with Crippen LogP contribution in [0.25, 0.3) is 0 Å². The Hall–Kier alpha value is -3.39. The summed E-state index contributed by atoms with van der Waals surface area (Å²) in [7, 11) is 1.57. The van der Waals surface area contributed by atoms with Gasteiger partial charge in [-0.05, 0) is 59.7 Å². The number of carbonyl (C=O) groups excluding carboxylic acids is 2. The third kappa shape index (κ3) is 7.82. The summed E-state index contributed by atoms with van der Waals surface area (Å²) in [6, 6.07) is 14.9. The third-order valence-corrected chi connectivity index (χ3v) is 6.47. The van der Waals surface area contributed by atoms with Gasteiger partial charge in [-0.3, -0.25) is 4.79 Å². The zero-order chi connectivity index (χ0) is 25.4. The van der Waals surface area contributed by atoms with E-state index in [1.54, 1.807) is 59.7 Å². The average molecular weight is 498 g/mol. The number of hydrogen-bond acceptors (Lipinski definition) is 4. The lowest BCUT2D eigenvalue weighted by molar-refractivity contribution is -0.133. The summed E-state index contributed by atoms with van der Waals surface area (Å²) in [6.07, 6.45) is 0. The Bertz CT molecular complexity index is 1130. The lowest BCUT2D eigenvalue weighted by Gasteiger charge is -2.29. The minimum absolute atomic E-state index is 0.0698. The molecule has 1 N–H and O–H groups in total. The van der Waals surface area contributed by atoms with Gasteiger partial charge in [-0.25, -0.2) is 9.18 Å². The van der Waals surface area contributed by atoms with Crippen LogP contribution in [0.5, 0.6) is 5.75 Å². The van der Waals surface area contributed by atoms with Crippen LogP contribution in [0.15, 0.2) is 60.0 Å². The molecule has 8 heteroatoms. The van der Waals surface area contributed by atoms with Crippen LogP contribution in [0, 0.1) is 18.7 Å². The fraction of sp³-hybridized carbons (Fsp3) is 0.333. The van der Waals surface area contributed by atoms with Gasteiger partial charge in [-0.15, -0.1) is 11.3 Å². The highest BCUT2D eigenvalue weighted by atomic mass is 32.1. The van der Waals surface area contributed by atoms with Crippen LogP contribution in [0.2, 0.25) is 0 Å². The number of benzene rings is 2. The van der Waals surface area contributed by atoms with Crippen molar-refractivity contribution in [3.63, 3.8) is 0 Å². The largest absolute Gasteiger partial charge is 0.497 e. The Morgan fingerprint density at radius 3 is 2.43 bits per heavy atom. The summed E-state index contributed by atoms with van der Waals surface area (Å²) in [5.41, 5.74) is 2.53. The molecule has 0 radical (unpaired) electrons. The van der Waals surface area contributed by atoms with E-state index in [4.69, 9.17) is 4.74 Å². The Morgan fingerprint density at radius 1 is 1.06 bits per heavy atom. The van der Waals surface area contributed by atoms with Crippen LogP contribution in [-0.2, 0) is 17.9 Å². The molecule has 1 aromatic heterocycles. The number of carbonyl (C=O) groups is 2. The van der Waals surface area contributed by atoms with E-state index in [1.165, 1.54) is 17.0 Å². The number of urea groups is 1. The number of halogens is 1. The molecule has 35 heavy (non-hydrogen) atoms. The standard InChI is InChI=1S/C27H32FN3O3S/c1-19(2)15-31(27(33)29-23-6-5-7-24(14-23)34-4)18-26(32)30(17-25-20(3)12-13-35-25)16-21-8-10-22(28)11-9-21/h5-14,19H,15-18H2,1-4H3,(H,29,33). The van der Waals surface area contributed by atoms with Gasteiger partial charge in [0.25, 0.3) is 0 Å². The molecule has 2 aromatic carbocycles. The van der Waals surface area contributed by atoms with Gasteiger partial charge < -0.3 is 19.9 Å². The molecule has 0 aliphatic carbocycles. The monoisotopic (exact) mass is 497 g/mol. The van der Waals surface area contributed by atoms with Gasteiger partial charge in [0.05, 0.1) is 13.7 Å². The molecular weight excluding hydrogens is 465 g/mol. The van der Waals surface area contributed by atoms with Gasteiger partial charge in [0.2, 0.25) is 5.91 Å². The van der Waals surface area contributed by atoms with Crippen LogP contribution in [0.1, 0.15) is 29.9 Å². The van der Waals surface area contributed by atoms with Crippen molar-refractivity contribution < 1.29 is 18.7 Å². The maximum Gasteiger partial charge on any atom is 0.322 e. The van der Waals surface area contributed by atoms with E-state index in [-0.39, 0.29) is 30.2 Å². The SMILES string of the molecule is COc1cccc(NC(=O)N(CC(=O)N(Cc2ccc(F)cc2)Cc2sccc2C)CC(C)C)c1. The number of nitrogens with one attached hydrogen (secondary N) is 1. The first-order chi connectivity index (χ1) is 16.7. The number of anilines is 1. The van der Waals surface area contributed by atoms with Crippen molar-refractivity contribution in [3.8, 4) is 5.75 Å². The summed E-state index contributed by atoms with van der Waals surface area (Å²) in [6.45, 7) is 7.11. The number of amides is 3. The van der Waals surface area contributed by atoms with E-state index in [0.717, 1.165) is 16.0 Å². The van der Waals surface area contributed by atoms with Crippen LogP contribution in [0.4, 0.5) is 14.9 Å². The third-order valence-electron chi connectivity index (χ3n) is 5.46. The molecule has 0 aliphatic rings. The Kier molecular flexibility index (Phi) is 9.25. The highest BCUT2D eigenvalue weighted by molar-refractivity contribution is 7.10. The van der Waals surface area contributed by atoms with E-state index in [9.17, 15) is 14.0 Å². The van der Waals surface area contributed by atoms with Crippen molar-refractivity contribution in [1.82, 2.24) is 9.80 Å². The van der Waals surface area contributed by atoms with Gasteiger partial charge in [-0.2, -0.15) is 0 Å². The molecule has 0 saturated carbocycles. The molecule has 3 rings (SSSR count). The minimum Gasteiger partial charge on any atom is -0.497 e. The van der Waals surface area contributed by atoms with Crippen molar-refractivity contribution in [3.05, 3.63) is 81.8 Å². The quantitative estimate of drug-likeness (QED) is 0.378. The van der Waals surface area contributed by atoms with E-state index in [0.29, 0.717) is 31.1 Å². The number of ether oxygens (including phenoxy) is 1. The molecule has 0 unspecified atom stereocenters. The second-order valence-electron chi connectivity index (χ2n) is 8.84. The van der Waals surface area contributed by atoms with E-state index in [2.05, 4.69) is 5.32 Å². The van der Waals surface area contributed by atoms with Crippen LogP contribution in [0.3, 0.4) is 0 Å². The normalized spacial score (nSPS) is 10.8. The van der Waals surface area contributed by atoms with Gasteiger partial charge in [0.1, 0.15) is 18.1 Å². The Morgan fingerprint density at radius 2 is 1.80 bits per heavy atom. The fourth-order valence-electron chi connectivity index (χ4n) is 3.61. The topological polar surface area (TPSA) is 61.9 Å². The van der Waals surface area contributed by atoms with Crippen LogP contribution in [-0.4, -0.2) is 41.9 Å². The van der Waals surface area contributed by atoms with E-state index >= 15 is 0 Å². The molecule has 0 saturated heterocycles. The maximum atomic E-state index is 13.5. The van der Waals surface area contributed by atoms with Crippen molar-refractivity contribution >= 4 is 29.0 Å². The first-order valence-electron chi connectivity index (χ1n) is 11.5. The predicted octanol–water partition coefficient (Wildman–Crippen LogP) is 5.92. The number of methoxy groups -OCH3 is 1. The molecule has 1 heterocycles. The fourth-order valence-corrected chi connectivity index (χ4v) is 4.53. The van der Waals surface area contributed by atoms with Crippen LogP contribution < -0.4 is 10.1 Å². The highest BCUT2D eigenvalue weighted by Gasteiger charge is 2.23. The molecule has 3 amide bonds. The lowest BCUT2D eigenvalue weighted by Crippen LogP contribution is -2.45. The second-order valence-corrected chi connectivity index (χ2v) is 9.84. The van der Waals surface area contributed by atoms with Gasteiger partial charge in [0, 0.05) is 29.7 Å². The first kappa shape index (κ1) is 26.2. The van der Waals surface area contributed by atoms with E-state index < -0.39 is 0 Å². The zero-order valence-electron chi connectivity index (χ0n) is 20.6. The summed E-state index contributed by atoms with van der Waals surface area (Å²) in [5, 5.41) is 4.87. The van der Waals surface area contributed by atoms with Crippen molar-refractivity contribution in [2.24, 2.45) is 5.92 Å². The molecule has 186 valence electrons. The number of hydrogen-bond donors (Lipinski definition) is 1. The summed E-state index contributed by atoms with van der Waals surface area (Å²) < 4.78 is 18.6. The molecule has 0 bridgehead atoms. The number of thiophene rings is 1. The molecule has 0 atom stereocenters. The molecular formula is C27H32FN3O3S. The average Bonchev–Trinajstić information content (AvgIpc) is 3.23. The van der Waals surface area contributed by atoms with Crippen molar-refractivity contribution in [2.45, 2.75) is 33.9 Å². The van der Waals surface area contributed by atoms with E-state index in [1.807, 2.05) is 32.2 Å². The molecule has 0 spiro atoms. The summed E-state index contributed by atoms with van der Waals surface area (Å²) in [5.74, 6) is 0.302. The first-order valence-corrected chi connectivity index (χ1v) is 12.4. The Labute approximate surface area is 210 Å². The molecule has 0 fully saturated rings. The second kappa shape index (κ2) is 12.4. The van der Waals surface area contributed by atoms with Crippen molar-refractivity contribution in [1.29, 1.82) is 0 Å². The number of rotatable bonds is 10.